The highest BCUT2D eigenvalue weighted by Crippen LogP contribution is 2.21. The first-order valence-electron chi connectivity index (χ1n) is 5.74. The summed E-state index contributed by atoms with van der Waals surface area (Å²) in [6.07, 6.45) is 0. The monoisotopic (exact) mass is 256 g/mol. The Hall–Kier alpha value is -0.610. The Bertz CT molecular complexity index is 346. The van der Waals surface area contributed by atoms with Crippen molar-refractivity contribution < 1.29 is 4.74 Å². The van der Waals surface area contributed by atoms with E-state index in [1.165, 1.54) is 5.56 Å². The van der Waals surface area contributed by atoms with Gasteiger partial charge in [0.25, 0.3) is 0 Å². The third-order valence-electron chi connectivity index (χ3n) is 2.90. The molecule has 1 rings (SSSR count). The Morgan fingerprint density at radius 1 is 1.47 bits per heavy atom. The number of hydrogen-bond acceptors (Lipinski definition) is 3. The number of benzene rings is 1. The van der Waals surface area contributed by atoms with Gasteiger partial charge in [0, 0.05) is 30.8 Å². The SMILES string of the molecule is COCC(N)CN(C)C(C)c1cccc(Cl)c1. The number of nitrogens with two attached hydrogens (primary N) is 1. The molecule has 0 aliphatic carbocycles. The number of methoxy groups -OCH3 is 1. The van der Waals surface area contributed by atoms with E-state index in [4.69, 9.17) is 22.1 Å². The Kier molecular flexibility index (Phi) is 5.92. The van der Waals surface area contributed by atoms with Crippen LogP contribution in [-0.2, 0) is 4.74 Å². The first-order valence-corrected chi connectivity index (χ1v) is 6.12. The molecule has 0 saturated carbocycles. The van der Waals surface area contributed by atoms with Crippen molar-refractivity contribution in [3.8, 4) is 0 Å². The molecule has 1 aromatic carbocycles. The average molecular weight is 257 g/mol. The standard InChI is InChI=1S/C13H21ClN2O/c1-10(11-5-4-6-12(14)7-11)16(2)8-13(15)9-17-3/h4-7,10,13H,8-9,15H2,1-3H3. The Morgan fingerprint density at radius 3 is 2.76 bits per heavy atom. The van der Waals surface area contributed by atoms with Crippen LogP contribution in [0, 0.1) is 0 Å². The molecule has 0 bridgehead atoms. The molecule has 0 aliphatic rings. The van der Waals surface area contributed by atoms with E-state index in [9.17, 15) is 0 Å². The second kappa shape index (κ2) is 6.97. The molecule has 0 fully saturated rings. The normalized spacial score (nSPS) is 14.9. The van der Waals surface area contributed by atoms with Crippen LogP contribution in [0.5, 0.6) is 0 Å². The maximum atomic E-state index is 5.99. The minimum Gasteiger partial charge on any atom is -0.383 e. The lowest BCUT2D eigenvalue weighted by atomic mass is 10.1. The van der Waals surface area contributed by atoms with Crippen LogP contribution in [0.4, 0.5) is 0 Å². The van der Waals surface area contributed by atoms with Gasteiger partial charge in [-0.25, -0.2) is 0 Å². The number of rotatable bonds is 6. The van der Waals surface area contributed by atoms with E-state index in [0.29, 0.717) is 6.61 Å². The molecule has 0 amide bonds. The molecular formula is C13H21ClN2O. The largest absolute Gasteiger partial charge is 0.383 e. The first-order chi connectivity index (χ1) is 8.04. The fraction of sp³-hybridized carbons (Fsp3) is 0.538. The van der Waals surface area contributed by atoms with Gasteiger partial charge in [0.2, 0.25) is 0 Å². The smallest absolute Gasteiger partial charge is 0.0626 e. The van der Waals surface area contributed by atoms with Gasteiger partial charge in [-0.15, -0.1) is 0 Å². The quantitative estimate of drug-likeness (QED) is 0.849. The second-order valence-electron chi connectivity index (χ2n) is 4.39. The number of ether oxygens (including phenoxy) is 1. The average Bonchev–Trinajstić information content (AvgIpc) is 2.28. The van der Waals surface area contributed by atoms with Crippen LogP contribution in [0.15, 0.2) is 24.3 Å². The molecule has 1 aromatic rings. The van der Waals surface area contributed by atoms with Gasteiger partial charge in [0.15, 0.2) is 0 Å². The second-order valence-corrected chi connectivity index (χ2v) is 4.82. The lowest BCUT2D eigenvalue weighted by molar-refractivity contribution is 0.150. The zero-order valence-corrected chi connectivity index (χ0v) is 11.4. The van der Waals surface area contributed by atoms with Gasteiger partial charge in [-0.1, -0.05) is 23.7 Å². The molecule has 3 nitrogen and oxygen atoms in total. The number of nitrogens with zero attached hydrogens (tertiary/aromatic N) is 1. The van der Waals surface area contributed by atoms with Gasteiger partial charge in [0.05, 0.1) is 6.61 Å². The van der Waals surface area contributed by atoms with Crippen LogP contribution >= 0.6 is 11.6 Å². The lowest BCUT2D eigenvalue weighted by Crippen LogP contribution is -2.39. The van der Waals surface area contributed by atoms with Gasteiger partial charge in [-0.2, -0.15) is 0 Å². The maximum absolute atomic E-state index is 5.99. The van der Waals surface area contributed by atoms with Crippen LogP contribution in [-0.4, -0.2) is 38.3 Å². The topological polar surface area (TPSA) is 38.5 Å². The van der Waals surface area contributed by atoms with Crippen molar-refractivity contribution in [2.24, 2.45) is 5.73 Å². The zero-order chi connectivity index (χ0) is 12.8. The van der Waals surface area contributed by atoms with E-state index in [1.54, 1.807) is 7.11 Å². The molecule has 0 saturated heterocycles. The van der Waals surface area contributed by atoms with Crippen molar-refractivity contribution in [3.63, 3.8) is 0 Å². The molecule has 0 aliphatic heterocycles. The van der Waals surface area contributed by atoms with Gasteiger partial charge in [0.1, 0.15) is 0 Å². The van der Waals surface area contributed by atoms with Crippen LogP contribution in [0.3, 0.4) is 0 Å². The van der Waals surface area contributed by atoms with Crippen molar-refractivity contribution in [2.45, 2.75) is 19.0 Å². The van der Waals surface area contributed by atoms with Crippen molar-refractivity contribution in [1.82, 2.24) is 4.90 Å². The van der Waals surface area contributed by atoms with E-state index in [1.807, 2.05) is 18.2 Å². The zero-order valence-electron chi connectivity index (χ0n) is 10.7. The van der Waals surface area contributed by atoms with Gasteiger partial charge in [-0.3, -0.25) is 4.90 Å². The Morgan fingerprint density at radius 2 is 2.18 bits per heavy atom. The maximum Gasteiger partial charge on any atom is 0.0626 e. The van der Waals surface area contributed by atoms with Crippen LogP contribution in [0.1, 0.15) is 18.5 Å². The minimum atomic E-state index is 0.0339. The summed E-state index contributed by atoms with van der Waals surface area (Å²) in [5.41, 5.74) is 7.14. The lowest BCUT2D eigenvalue weighted by Gasteiger charge is -2.27. The van der Waals surface area contributed by atoms with Crippen LogP contribution < -0.4 is 5.73 Å². The predicted octanol–water partition coefficient (Wildman–Crippen LogP) is 2.31. The molecule has 2 N–H and O–H groups in total. The van der Waals surface area contributed by atoms with Gasteiger partial charge in [-0.05, 0) is 31.7 Å². The van der Waals surface area contributed by atoms with Gasteiger partial charge < -0.3 is 10.5 Å². The van der Waals surface area contributed by atoms with E-state index < -0.39 is 0 Å². The first kappa shape index (κ1) is 14.5. The molecule has 17 heavy (non-hydrogen) atoms. The molecular weight excluding hydrogens is 236 g/mol. The third kappa shape index (κ3) is 4.64. The summed E-state index contributed by atoms with van der Waals surface area (Å²) in [5.74, 6) is 0. The highest BCUT2D eigenvalue weighted by Gasteiger charge is 2.14. The fourth-order valence-corrected chi connectivity index (χ4v) is 2.01. The highest BCUT2D eigenvalue weighted by atomic mass is 35.5. The molecule has 0 spiro atoms. The summed E-state index contributed by atoms with van der Waals surface area (Å²) in [7, 11) is 3.72. The predicted molar refractivity (Wildman–Crippen MR) is 72.3 cm³/mol. The summed E-state index contributed by atoms with van der Waals surface area (Å²) in [6, 6.07) is 8.24. The number of halogens is 1. The summed E-state index contributed by atoms with van der Waals surface area (Å²) in [5, 5.41) is 0.768. The summed E-state index contributed by atoms with van der Waals surface area (Å²) in [4.78, 5) is 2.20. The van der Waals surface area contributed by atoms with E-state index in [-0.39, 0.29) is 12.1 Å². The molecule has 2 atom stereocenters. The number of likely N-dealkylation sites (N-methyl/N-ethyl adjacent to an activating group) is 1. The Labute approximate surface area is 109 Å². The molecule has 0 heterocycles. The molecule has 0 aromatic heterocycles. The summed E-state index contributed by atoms with van der Waals surface area (Å²) >= 11 is 5.99. The molecule has 96 valence electrons. The summed E-state index contributed by atoms with van der Waals surface area (Å²) in [6.45, 7) is 3.51. The number of hydrogen-bond donors (Lipinski definition) is 1. The van der Waals surface area contributed by atoms with Gasteiger partial charge >= 0.3 is 0 Å². The van der Waals surface area contributed by atoms with E-state index in [2.05, 4.69) is 24.9 Å². The van der Waals surface area contributed by atoms with E-state index >= 15 is 0 Å². The molecule has 0 radical (unpaired) electrons. The molecule has 4 heteroatoms. The van der Waals surface area contributed by atoms with E-state index in [0.717, 1.165) is 11.6 Å². The van der Waals surface area contributed by atoms with Crippen LogP contribution in [0.2, 0.25) is 5.02 Å². The van der Waals surface area contributed by atoms with Crippen LogP contribution in [0.25, 0.3) is 0 Å². The van der Waals surface area contributed by atoms with Crippen molar-refractivity contribution >= 4 is 11.6 Å². The summed E-state index contributed by atoms with van der Waals surface area (Å²) < 4.78 is 5.04. The Balaban J connectivity index is 2.60. The van der Waals surface area contributed by atoms with Crippen molar-refractivity contribution in [1.29, 1.82) is 0 Å². The molecule has 2 unspecified atom stereocenters. The third-order valence-corrected chi connectivity index (χ3v) is 3.13. The van der Waals surface area contributed by atoms with Crippen molar-refractivity contribution in [2.75, 3.05) is 27.3 Å². The van der Waals surface area contributed by atoms with Crippen molar-refractivity contribution in [3.05, 3.63) is 34.9 Å². The minimum absolute atomic E-state index is 0.0339. The highest BCUT2D eigenvalue weighted by molar-refractivity contribution is 6.30. The fourth-order valence-electron chi connectivity index (χ4n) is 1.82.